The number of fused-ring (bicyclic) bond motifs is 1. The van der Waals surface area contributed by atoms with E-state index in [1.807, 2.05) is 18.2 Å². The minimum Gasteiger partial charge on any atom is -0.375 e. The van der Waals surface area contributed by atoms with Gasteiger partial charge in [-0.3, -0.25) is 0 Å². The molecule has 102 valence electrons. The van der Waals surface area contributed by atoms with Crippen LogP contribution in [0, 0.1) is 0 Å². The Bertz CT molecular complexity index is 575. The highest BCUT2D eigenvalue weighted by Gasteiger charge is 2.18. The topological polar surface area (TPSA) is 39.1 Å². The van der Waals surface area contributed by atoms with Crippen LogP contribution in [0.25, 0.3) is 11.0 Å². The number of nitrogens with one attached hydrogen (secondary N) is 1. The van der Waals surface area contributed by atoms with Crippen molar-refractivity contribution in [3.05, 3.63) is 29.0 Å². The minimum absolute atomic E-state index is 0.214. The zero-order valence-corrected chi connectivity index (χ0v) is 11.8. The van der Waals surface area contributed by atoms with Crippen LogP contribution in [0.15, 0.2) is 18.2 Å². The Morgan fingerprint density at radius 3 is 3.16 bits per heavy atom. The maximum atomic E-state index is 6.03. The summed E-state index contributed by atoms with van der Waals surface area (Å²) in [5, 5.41) is 4.08. The molecule has 1 aromatic heterocycles. The lowest BCUT2D eigenvalue weighted by Crippen LogP contribution is -2.40. The second-order valence-corrected chi connectivity index (χ2v) is 5.24. The van der Waals surface area contributed by atoms with Crippen LogP contribution in [0.3, 0.4) is 0 Å². The molecule has 2 heterocycles. The zero-order chi connectivity index (χ0) is 13.2. The van der Waals surface area contributed by atoms with Crippen molar-refractivity contribution in [3.8, 4) is 0 Å². The molecule has 0 amide bonds. The van der Waals surface area contributed by atoms with E-state index < -0.39 is 0 Å². The highest BCUT2D eigenvalue weighted by atomic mass is 35.5. The third kappa shape index (κ3) is 2.61. The molecule has 1 atom stereocenters. The Kier molecular flexibility index (Phi) is 3.73. The highest BCUT2D eigenvalue weighted by Crippen LogP contribution is 2.21. The summed E-state index contributed by atoms with van der Waals surface area (Å²) in [6.45, 7) is 5.67. The third-order valence-electron chi connectivity index (χ3n) is 3.52. The van der Waals surface area contributed by atoms with Crippen LogP contribution in [0.5, 0.6) is 0 Å². The molecule has 4 nitrogen and oxygen atoms in total. The van der Waals surface area contributed by atoms with E-state index in [0.29, 0.717) is 0 Å². The Balaban J connectivity index is 1.93. The first kappa shape index (κ1) is 12.9. The van der Waals surface area contributed by atoms with Crippen molar-refractivity contribution in [2.75, 3.05) is 19.7 Å². The molecule has 3 rings (SSSR count). The number of rotatable bonds is 3. The molecule has 1 N–H and O–H groups in total. The summed E-state index contributed by atoms with van der Waals surface area (Å²) in [6, 6.07) is 5.88. The van der Waals surface area contributed by atoms with Crippen LogP contribution < -0.4 is 5.32 Å². The fraction of sp³-hybridized carbons (Fsp3) is 0.500. The van der Waals surface area contributed by atoms with E-state index in [9.17, 15) is 0 Å². The van der Waals surface area contributed by atoms with Crippen molar-refractivity contribution in [1.29, 1.82) is 0 Å². The predicted molar refractivity (Wildman–Crippen MR) is 76.7 cm³/mol. The van der Waals surface area contributed by atoms with Gasteiger partial charge in [0.05, 0.1) is 23.7 Å². The molecule has 2 aromatic rings. The molecule has 1 saturated heterocycles. The van der Waals surface area contributed by atoms with Crippen molar-refractivity contribution in [2.45, 2.75) is 26.0 Å². The average Bonchev–Trinajstić information content (AvgIpc) is 2.76. The molecule has 0 radical (unpaired) electrons. The van der Waals surface area contributed by atoms with E-state index in [0.717, 1.165) is 54.5 Å². The van der Waals surface area contributed by atoms with Gasteiger partial charge in [0.15, 0.2) is 0 Å². The monoisotopic (exact) mass is 279 g/mol. The number of hydrogen-bond acceptors (Lipinski definition) is 3. The molecule has 1 aliphatic heterocycles. The van der Waals surface area contributed by atoms with Gasteiger partial charge < -0.3 is 14.6 Å². The standard InChI is InChI=1S/C14H18ClN3O/c1-2-18-13-4-3-10(15)7-12(13)17-14(18)8-11-9-16-5-6-19-11/h3-4,7,11,16H,2,5-6,8-9H2,1H3. The van der Waals surface area contributed by atoms with Crippen LogP contribution in [-0.4, -0.2) is 35.4 Å². The summed E-state index contributed by atoms with van der Waals surface area (Å²) in [5.41, 5.74) is 2.11. The number of benzene rings is 1. The number of nitrogens with zero attached hydrogens (tertiary/aromatic N) is 2. The van der Waals surface area contributed by atoms with Gasteiger partial charge in [-0.15, -0.1) is 0 Å². The molecule has 0 saturated carbocycles. The normalized spacial score (nSPS) is 20.0. The first-order valence-corrected chi connectivity index (χ1v) is 7.12. The van der Waals surface area contributed by atoms with Crippen LogP contribution >= 0.6 is 11.6 Å². The number of morpholine rings is 1. The number of aromatic nitrogens is 2. The maximum Gasteiger partial charge on any atom is 0.112 e. The summed E-state index contributed by atoms with van der Waals surface area (Å²) >= 11 is 6.03. The second kappa shape index (κ2) is 5.49. The van der Waals surface area contributed by atoms with Crippen LogP contribution in [0.2, 0.25) is 5.02 Å². The van der Waals surface area contributed by atoms with Gasteiger partial charge in [-0.25, -0.2) is 4.98 Å². The van der Waals surface area contributed by atoms with Gasteiger partial charge in [-0.1, -0.05) is 11.6 Å². The van der Waals surface area contributed by atoms with Crippen LogP contribution in [-0.2, 0) is 17.7 Å². The number of aryl methyl sites for hydroxylation is 1. The van der Waals surface area contributed by atoms with E-state index in [2.05, 4.69) is 16.8 Å². The third-order valence-corrected chi connectivity index (χ3v) is 3.76. The van der Waals surface area contributed by atoms with Crippen LogP contribution in [0.1, 0.15) is 12.7 Å². The number of hydrogen-bond donors (Lipinski definition) is 1. The SMILES string of the molecule is CCn1c(CC2CNCCO2)nc2cc(Cl)ccc21. The molecule has 1 fully saturated rings. The summed E-state index contributed by atoms with van der Waals surface area (Å²) in [4.78, 5) is 4.71. The van der Waals surface area contributed by atoms with E-state index in [1.54, 1.807) is 0 Å². The van der Waals surface area contributed by atoms with Crippen molar-refractivity contribution in [1.82, 2.24) is 14.9 Å². The first-order chi connectivity index (χ1) is 9.28. The lowest BCUT2D eigenvalue weighted by molar-refractivity contribution is 0.0276. The smallest absolute Gasteiger partial charge is 0.112 e. The quantitative estimate of drug-likeness (QED) is 0.937. The molecule has 19 heavy (non-hydrogen) atoms. The molecule has 5 heteroatoms. The number of halogens is 1. The zero-order valence-electron chi connectivity index (χ0n) is 11.0. The molecule has 0 bridgehead atoms. The predicted octanol–water partition coefficient (Wildman–Crippen LogP) is 2.24. The Labute approximate surface area is 117 Å². The fourth-order valence-electron chi connectivity index (χ4n) is 2.62. The Morgan fingerprint density at radius 1 is 1.53 bits per heavy atom. The molecule has 1 aromatic carbocycles. The molecular weight excluding hydrogens is 262 g/mol. The molecule has 1 aliphatic rings. The van der Waals surface area contributed by atoms with Crippen molar-refractivity contribution in [2.24, 2.45) is 0 Å². The van der Waals surface area contributed by atoms with Gasteiger partial charge in [0, 0.05) is 31.1 Å². The lowest BCUT2D eigenvalue weighted by Gasteiger charge is -2.23. The van der Waals surface area contributed by atoms with Crippen molar-refractivity contribution >= 4 is 22.6 Å². The maximum absolute atomic E-state index is 6.03. The number of ether oxygens (including phenoxy) is 1. The van der Waals surface area contributed by atoms with Gasteiger partial charge in [0.1, 0.15) is 5.82 Å². The average molecular weight is 280 g/mol. The van der Waals surface area contributed by atoms with E-state index in [1.165, 1.54) is 0 Å². The van der Waals surface area contributed by atoms with Crippen molar-refractivity contribution in [3.63, 3.8) is 0 Å². The number of imidazole rings is 1. The molecular formula is C14H18ClN3O. The first-order valence-electron chi connectivity index (χ1n) is 6.75. The summed E-state index contributed by atoms with van der Waals surface area (Å²) < 4.78 is 8.00. The van der Waals surface area contributed by atoms with Crippen LogP contribution in [0.4, 0.5) is 0 Å². The minimum atomic E-state index is 0.214. The van der Waals surface area contributed by atoms with Gasteiger partial charge in [0.25, 0.3) is 0 Å². The van der Waals surface area contributed by atoms with Crippen molar-refractivity contribution < 1.29 is 4.74 Å². The molecule has 0 spiro atoms. The van der Waals surface area contributed by atoms with E-state index >= 15 is 0 Å². The molecule has 1 unspecified atom stereocenters. The van der Waals surface area contributed by atoms with Gasteiger partial charge >= 0.3 is 0 Å². The fourth-order valence-corrected chi connectivity index (χ4v) is 2.78. The largest absolute Gasteiger partial charge is 0.375 e. The van der Waals surface area contributed by atoms with Gasteiger partial charge in [-0.2, -0.15) is 0 Å². The lowest BCUT2D eigenvalue weighted by atomic mass is 10.2. The summed E-state index contributed by atoms with van der Waals surface area (Å²) in [5.74, 6) is 1.08. The second-order valence-electron chi connectivity index (χ2n) is 4.81. The van der Waals surface area contributed by atoms with E-state index in [-0.39, 0.29) is 6.10 Å². The summed E-state index contributed by atoms with van der Waals surface area (Å²) in [7, 11) is 0. The Hall–Kier alpha value is -1.10. The Morgan fingerprint density at radius 2 is 2.42 bits per heavy atom. The van der Waals surface area contributed by atoms with Gasteiger partial charge in [-0.05, 0) is 25.1 Å². The highest BCUT2D eigenvalue weighted by molar-refractivity contribution is 6.31. The molecule has 0 aliphatic carbocycles. The van der Waals surface area contributed by atoms with Gasteiger partial charge in [0.2, 0.25) is 0 Å². The van der Waals surface area contributed by atoms with E-state index in [4.69, 9.17) is 21.3 Å². The summed E-state index contributed by atoms with van der Waals surface area (Å²) in [6.07, 6.45) is 1.05.